The zero-order valence-electron chi connectivity index (χ0n) is 35.6. The van der Waals surface area contributed by atoms with Gasteiger partial charge in [0.15, 0.2) is 0 Å². The number of aromatic nitrogens is 4. The third-order valence-corrected chi connectivity index (χ3v) is 13.7. The van der Waals surface area contributed by atoms with Crippen LogP contribution in [-0.2, 0) is 19.2 Å². The summed E-state index contributed by atoms with van der Waals surface area (Å²) in [6, 6.07) is 19.0. The van der Waals surface area contributed by atoms with E-state index < -0.39 is 23.7 Å². The Kier molecular flexibility index (Phi) is 11.5. The Morgan fingerprint density at radius 3 is 1.59 bits per heavy atom. The Labute approximate surface area is 370 Å². The number of H-pyrrole nitrogens is 2. The number of benzene rings is 3. The molecule has 2 aromatic heterocycles. The van der Waals surface area contributed by atoms with Crippen LogP contribution in [0.4, 0.5) is 14.5 Å². The second kappa shape index (κ2) is 17.6. The zero-order chi connectivity index (χ0) is 43.9. The highest BCUT2D eigenvalue weighted by atomic mass is 19.1. The second-order valence-electron chi connectivity index (χ2n) is 18.1. The summed E-state index contributed by atoms with van der Waals surface area (Å²) in [6.07, 6.45) is 11.0. The Bertz CT molecular complexity index is 2490. The predicted octanol–water partition coefficient (Wildman–Crippen LogP) is 7.32. The number of aromatic amines is 2. The van der Waals surface area contributed by atoms with E-state index in [9.17, 15) is 19.2 Å². The molecule has 4 atom stereocenters. The van der Waals surface area contributed by atoms with E-state index in [2.05, 4.69) is 25.6 Å². The number of hydrogen-bond acceptors (Lipinski definition) is 7. The van der Waals surface area contributed by atoms with Gasteiger partial charge in [0.25, 0.3) is 0 Å². The first-order chi connectivity index (χ1) is 31.2. The summed E-state index contributed by atoms with van der Waals surface area (Å²) >= 11 is 0. The number of amides is 4. The van der Waals surface area contributed by atoms with Crippen molar-refractivity contribution in [2.75, 3.05) is 31.1 Å². The topological polar surface area (TPSA) is 159 Å². The molecule has 3 saturated heterocycles. The molecule has 15 heteroatoms. The number of hydrogen-bond donors (Lipinski definition) is 4. The molecular formula is C49H53F2N9O4. The molecule has 10 rings (SSSR count). The van der Waals surface area contributed by atoms with E-state index >= 15 is 8.78 Å². The number of nitrogens with one attached hydrogen (secondary N) is 4. The quantitative estimate of drug-likeness (QED) is 0.0965. The summed E-state index contributed by atoms with van der Waals surface area (Å²) in [7, 11) is 0. The number of piperidine rings is 1. The smallest absolute Gasteiger partial charge is 0.250 e. The summed E-state index contributed by atoms with van der Waals surface area (Å²) in [5.74, 6) is -0.662. The van der Waals surface area contributed by atoms with E-state index in [4.69, 9.17) is 4.98 Å². The van der Waals surface area contributed by atoms with E-state index in [0.717, 1.165) is 56.2 Å². The molecule has 2 saturated carbocycles. The number of likely N-dealkylation sites (tertiary alicyclic amines) is 2. The van der Waals surface area contributed by atoms with Gasteiger partial charge < -0.3 is 35.3 Å². The lowest BCUT2D eigenvalue weighted by molar-refractivity contribution is -0.138. The van der Waals surface area contributed by atoms with Crippen molar-refractivity contribution in [3.63, 3.8) is 0 Å². The van der Waals surface area contributed by atoms with Crippen LogP contribution < -0.4 is 15.5 Å². The van der Waals surface area contributed by atoms with Crippen LogP contribution in [0.5, 0.6) is 0 Å². The Balaban J connectivity index is 0.784. The van der Waals surface area contributed by atoms with Gasteiger partial charge in [-0.3, -0.25) is 19.2 Å². The van der Waals surface area contributed by atoms with Crippen molar-refractivity contribution in [3.8, 4) is 11.3 Å². The molecule has 332 valence electrons. The van der Waals surface area contributed by atoms with Gasteiger partial charge in [-0.25, -0.2) is 18.7 Å². The van der Waals surface area contributed by atoms with Crippen molar-refractivity contribution in [2.45, 2.75) is 94.3 Å². The molecule has 2 aliphatic carbocycles. The van der Waals surface area contributed by atoms with Gasteiger partial charge in [-0.15, -0.1) is 0 Å². The Morgan fingerprint density at radius 2 is 1.09 bits per heavy atom. The molecule has 5 heterocycles. The monoisotopic (exact) mass is 869 g/mol. The van der Waals surface area contributed by atoms with Gasteiger partial charge in [0.2, 0.25) is 23.6 Å². The number of nitrogens with zero attached hydrogens (tertiary/aromatic N) is 5. The fourth-order valence-corrected chi connectivity index (χ4v) is 9.86. The van der Waals surface area contributed by atoms with Crippen molar-refractivity contribution in [2.24, 2.45) is 11.8 Å². The van der Waals surface area contributed by atoms with E-state index in [1.807, 2.05) is 71.8 Å². The fraction of sp³-hybridized carbons (Fsp3) is 0.429. The fourth-order valence-electron chi connectivity index (χ4n) is 9.86. The molecule has 64 heavy (non-hydrogen) atoms. The minimum atomic E-state index is -0.825. The lowest BCUT2D eigenvalue weighted by Crippen LogP contribution is -2.43. The summed E-state index contributed by atoms with van der Waals surface area (Å²) in [4.78, 5) is 75.3. The predicted molar refractivity (Wildman–Crippen MR) is 234 cm³/mol. The van der Waals surface area contributed by atoms with Gasteiger partial charge in [-0.1, -0.05) is 60.7 Å². The van der Waals surface area contributed by atoms with Gasteiger partial charge in [0.1, 0.15) is 41.1 Å². The van der Waals surface area contributed by atoms with Crippen LogP contribution in [0.15, 0.2) is 85.2 Å². The minimum absolute atomic E-state index is 0.0287. The number of carbonyl (C=O) groups excluding carboxylic acids is 4. The summed E-state index contributed by atoms with van der Waals surface area (Å²) in [5, 5.41) is 6.01. The first kappa shape index (κ1) is 41.6. The average molecular weight is 870 g/mol. The molecule has 5 aliphatic rings. The first-order valence-electron chi connectivity index (χ1n) is 22.9. The van der Waals surface area contributed by atoms with Crippen molar-refractivity contribution in [1.82, 2.24) is 40.4 Å². The van der Waals surface area contributed by atoms with Crippen LogP contribution in [-0.4, -0.2) is 79.5 Å². The van der Waals surface area contributed by atoms with E-state index in [1.54, 1.807) is 16.0 Å². The molecule has 4 N–H and O–H groups in total. The lowest BCUT2D eigenvalue weighted by Gasteiger charge is -2.33. The van der Waals surface area contributed by atoms with E-state index in [1.165, 1.54) is 12.1 Å². The lowest BCUT2D eigenvalue weighted by atomic mass is 9.93. The highest BCUT2D eigenvalue weighted by Crippen LogP contribution is 2.39. The van der Waals surface area contributed by atoms with Crippen molar-refractivity contribution < 1.29 is 28.0 Å². The summed E-state index contributed by atoms with van der Waals surface area (Å²) in [5.41, 5.74) is 3.08. The molecule has 0 bridgehead atoms. The van der Waals surface area contributed by atoms with E-state index in [0.29, 0.717) is 73.9 Å². The molecule has 5 aromatic rings. The van der Waals surface area contributed by atoms with Gasteiger partial charge in [-0.2, -0.15) is 0 Å². The maximum atomic E-state index is 16.0. The van der Waals surface area contributed by atoms with Crippen LogP contribution in [0.25, 0.3) is 11.3 Å². The largest absolute Gasteiger partial charge is 0.367 e. The van der Waals surface area contributed by atoms with Gasteiger partial charge in [0.05, 0.1) is 24.0 Å². The first-order valence-corrected chi connectivity index (χ1v) is 22.9. The average Bonchev–Trinajstić information content (AvgIpc) is 4.07. The number of anilines is 1. The highest BCUT2D eigenvalue weighted by Gasteiger charge is 2.41. The summed E-state index contributed by atoms with van der Waals surface area (Å²) < 4.78 is 31.9. The SMILES string of the molecule is O=C(NC(C(=O)N1CCCC1c1ncc(-c2cc(F)c(N3CCC(c4cnc(C5CCCN5C(=O)C(NC(=O)C5CC5)c5ccccc5)[nH]4)CC3)c(F)c2)[nH]1)c1ccccc1)C1CC1. The maximum absolute atomic E-state index is 16.0. The van der Waals surface area contributed by atoms with Crippen LogP contribution >= 0.6 is 0 Å². The van der Waals surface area contributed by atoms with Crippen LogP contribution in [0.3, 0.4) is 0 Å². The van der Waals surface area contributed by atoms with Gasteiger partial charge in [0, 0.05) is 61.4 Å². The van der Waals surface area contributed by atoms with Crippen molar-refractivity contribution in [3.05, 3.63) is 125 Å². The Hall–Kier alpha value is -6.38. The third-order valence-electron chi connectivity index (χ3n) is 13.7. The van der Waals surface area contributed by atoms with Gasteiger partial charge in [-0.05, 0) is 87.5 Å². The molecule has 3 aromatic carbocycles. The van der Waals surface area contributed by atoms with Crippen molar-refractivity contribution >= 4 is 29.3 Å². The van der Waals surface area contributed by atoms with E-state index in [-0.39, 0.29) is 59.2 Å². The second-order valence-corrected chi connectivity index (χ2v) is 18.1. The van der Waals surface area contributed by atoms with Crippen LogP contribution in [0.1, 0.15) is 123 Å². The molecule has 0 spiro atoms. The molecule has 3 aliphatic heterocycles. The van der Waals surface area contributed by atoms with Crippen LogP contribution in [0.2, 0.25) is 0 Å². The molecular weight excluding hydrogens is 817 g/mol. The number of halogens is 2. The maximum Gasteiger partial charge on any atom is 0.250 e. The molecule has 0 radical (unpaired) electrons. The van der Waals surface area contributed by atoms with Crippen LogP contribution in [0, 0.1) is 23.5 Å². The summed E-state index contributed by atoms with van der Waals surface area (Å²) in [6.45, 7) is 1.93. The Morgan fingerprint density at radius 1 is 0.609 bits per heavy atom. The number of rotatable bonds is 13. The zero-order valence-corrected chi connectivity index (χ0v) is 35.6. The molecule has 4 unspecified atom stereocenters. The van der Waals surface area contributed by atoms with Gasteiger partial charge >= 0.3 is 0 Å². The minimum Gasteiger partial charge on any atom is -0.367 e. The number of imidazole rings is 2. The molecule has 13 nitrogen and oxygen atoms in total. The van der Waals surface area contributed by atoms with Crippen molar-refractivity contribution in [1.29, 1.82) is 0 Å². The standard InChI is InChI=1S/C49H53F2N9O4/c50-35-25-34(38-28-53-45(55-38)40-14-8-22-60(40)49(64)42(31-11-5-2-6-12-31)57-47(62)33-17-18-33)26-36(51)43(35)58-23-19-29(20-24-58)37-27-52-44(54-37)39-13-7-21-59(39)48(63)41(30-9-3-1-4-10-30)56-46(61)32-15-16-32/h1-6,9-12,25-29,32-33,39-42H,7-8,13-24H2,(H,52,54)(H,53,55)(H,56,61)(H,57,62). The molecule has 5 fully saturated rings. The normalized spacial score (nSPS) is 21.2. The highest BCUT2D eigenvalue weighted by molar-refractivity contribution is 5.91. The third kappa shape index (κ3) is 8.51. The number of carbonyl (C=O) groups is 4. The molecule has 4 amide bonds.